The van der Waals surface area contributed by atoms with Crippen LogP contribution in [-0.4, -0.2) is 16.7 Å². The highest BCUT2D eigenvalue weighted by molar-refractivity contribution is 5.78. The summed E-state index contributed by atoms with van der Waals surface area (Å²) in [6.45, 7) is 3.33. The SMILES string of the molecule is COc1ccc2c(c1)nc1n2CC[C@H]1C. The van der Waals surface area contributed by atoms with Crippen molar-refractivity contribution in [2.45, 2.75) is 25.8 Å². The predicted molar refractivity (Wildman–Crippen MR) is 59.3 cm³/mol. The van der Waals surface area contributed by atoms with Crippen molar-refractivity contribution in [3.05, 3.63) is 24.0 Å². The third-order valence-electron chi connectivity index (χ3n) is 3.21. The first-order chi connectivity index (χ1) is 7.29. The van der Waals surface area contributed by atoms with Gasteiger partial charge in [-0.2, -0.15) is 0 Å². The van der Waals surface area contributed by atoms with Gasteiger partial charge < -0.3 is 9.30 Å². The fourth-order valence-corrected chi connectivity index (χ4v) is 2.32. The number of nitrogens with zero attached hydrogens (tertiary/aromatic N) is 2. The summed E-state index contributed by atoms with van der Waals surface area (Å²) < 4.78 is 7.52. The Balaban J connectivity index is 2.25. The Kier molecular flexibility index (Phi) is 1.75. The molecule has 0 bridgehead atoms. The van der Waals surface area contributed by atoms with E-state index in [1.165, 1.54) is 17.8 Å². The number of aryl methyl sites for hydroxylation is 1. The van der Waals surface area contributed by atoms with Crippen molar-refractivity contribution in [2.24, 2.45) is 0 Å². The van der Waals surface area contributed by atoms with Crippen molar-refractivity contribution in [2.75, 3.05) is 7.11 Å². The summed E-state index contributed by atoms with van der Waals surface area (Å²) in [7, 11) is 1.69. The van der Waals surface area contributed by atoms with Crippen LogP contribution in [-0.2, 0) is 6.54 Å². The summed E-state index contributed by atoms with van der Waals surface area (Å²) in [5.74, 6) is 2.69. The zero-order chi connectivity index (χ0) is 10.4. The van der Waals surface area contributed by atoms with E-state index in [0.717, 1.165) is 17.8 Å². The highest BCUT2D eigenvalue weighted by atomic mass is 16.5. The van der Waals surface area contributed by atoms with Crippen LogP contribution in [0.5, 0.6) is 5.75 Å². The first kappa shape index (κ1) is 8.77. The molecule has 2 aromatic rings. The van der Waals surface area contributed by atoms with E-state index in [9.17, 15) is 0 Å². The largest absolute Gasteiger partial charge is 0.497 e. The molecule has 3 heteroatoms. The lowest BCUT2D eigenvalue weighted by Crippen LogP contribution is -1.91. The molecule has 0 N–H and O–H groups in total. The van der Waals surface area contributed by atoms with Crippen molar-refractivity contribution < 1.29 is 4.74 Å². The third-order valence-corrected chi connectivity index (χ3v) is 3.21. The molecule has 2 heterocycles. The molecule has 1 atom stereocenters. The highest BCUT2D eigenvalue weighted by Gasteiger charge is 2.22. The lowest BCUT2D eigenvalue weighted by molar-refractivity contribution is 0.415. The van der Waals surface area contributed by atoms with Crippen LogP contribution in [0.4, 0.5) is 0 Å². The number of aromatic nitrogens is 2. The Morgan fingerprint density at radius 1 is 1.47 bits per heavy atom. The van der Waals surface area contributed by atoms with E-state index in [4.69, 9.17) is 4.74 Å². The quantitative estimate of drug-likeness (QED) is 0.710. The van der Waals surface area contributed by atoms with Crippen molar-refractivity contribution >= 4 is 11.0 Å². The summed E-state index contributed by atoms with van der Waals surface area (Å²) in [4.78, 5) is 4.67. The highest BCUT2D eigenvalue weighted by Crippen LogP contribution is 2.32. The Morgan fingerprint density at radius 3 is 3.13 bits per heavy atom. The van der Waals surface area contributed by atoms with Gasteiger partial charge in [0, 0.05) is 18.5 Å². The minimum absolute atomic E-state index is 0.586. The molecule has 0 unspecified atom stereocenters. The zero-order valence-electron chi connectivity index (χ0n) is 9.03. The number of rotatable bonds is 1. The van der Waals surface area contributed by atoms with Gasteiger partial charge in [0.05, 0.1) is 18.1 Å². The van der Waals surface area contributed by atoms with Crippen LogP contribution in [0.25, 0.3) is 11.0 Å². The second-order valence-electron chi connectivity index (χ2n) is 4.17. The molecule has 1 aromatic carbocycles. The van der Waals surface area contributed by atoms with Crippen molar-refractivity contribution in [1.82, 2.24) is 9.55 Å². The molecule has 1 aromatic heterocycles. The fourth-order valence-electron chi connectivity index (χ4n) is 2.32. The summed E-state index contributed by atoms with van der Waals surface area (Å²) >= 11 is 0. The zero-order valence-corrected chi connectivity index (χ0v) is 9.03. The molecule has 1 aliphatic heterocycles. The van der Waals surface area contributed by atoms with E-state index in [2.05, 4.69) is 22.5 Å². The van der Waals surface area contributed by atoms with Gasteiger partial charge in [-0.3, -0.25) is 0 Å². The first-order valence-electron chi connectivity index (χ1n) is 5.34. The second-order valence-corrected chi connectivity index (χ2v) is 4.17. The lowest BCUT2D eigenvalue weighted by atomic mass is 10.1. The minimum atomic E-state index is 0.586. The van der Waals surface area contributed by atoms with Crippen LogP contribution in [0, 0.1) is 0 Å². The van der Waals surface area contributed by atoms with Crippen molar-refractivity contribution in [1.29, 1.82) is 0 Å². The number of hydrogen-bond acceptors (Lipinski definition) is 2. The number of imidazole rings is 1. The summed E-state index contributed by atoms with van der Waals surface area (Å²) in [6.07, 6.45) is 1.21. The Morgan fingerprint density at radius 2 is 2.33 bits per heavy atom. The van der Waals surface area contributed by atoms with Gasteiger partial charge in [0.1, 0.15) is 11.6 Å². The molecule has 3 rings (SSSR count). The van der Waals surface area contributed by atoms with Crippen LogP contribution >= 0.6 is 0 Å². The van der Waals surface area contributed by atoms with Gasteiger partial charge in [-0.1, -0.05) is 6.92 Å². The monoisotopic (exact) mass is 202 g/mol. The molecule has 1 aliphatic rings. The molecule has 0 saturated heterocycles. The lowest BCUT2D eigenvalue weighted by Gasteiger charge is -2.00. The van der Waals surface area contributed by atoms with Gasteiger partial charge in [-0.25, -0.2) is 4.98 Å². The van der Waals surface area contributed by atoms with Crippen molar-refractivity contribution in [3.63, 3.8) is 0 Å². The van der Waals surface area contributed by atoms with Crippen LogP contribution in [0.2, 0.25) is 0 Å². The first-order valence-corrected chi connectivity index (χ1v) is 5.34. The fraction of sp³-hybridized carbons (Fsp3) is 0.417. The average Bonchev–Trinajstić information content (AvgIpc) is 2.78. The number of hydrogen-bond donors (Lipinski definition) is 0. The molecule has 0 saturated carbocycles. The molecule has 15 heavy (non-hydrogen) atoms. The smallest absolute Gasteiger partial charge is 0.121 e. The maximum atomic E-state index is 5.20. The van der Waals surface area contributed by atoms with Gasteiger partial charge >= 0.3 is 0 Å². The number of fused-ring (bicyclic) bond motifs is 3. The molecule has 0 amide bonds. The Labute approximate surface area is 88.7 Å². The Hall–Kier alpha value is -1.51. The molecule has 3 nitrogen and oxygen atoms in total. The van der Waals surface area contributed by atoms with Gasteiger partial charge in [0.25, 0.3) is 0 Å². The molecular formula is C12H14N2O. The molecule has 0 radical (unpaired) electrons. The molecule has 0 aliphatic carbocycles. The van der Waals surface area contributed by atoms with E-state index >= 15 is 0 Å². The number of ether oxygens (including phenoxy) is 1. The van der Waals surface area contributed by atoms with Crippen LogP contribution < -0.4 is 4.74 Å². The number of benzene rings is 1. The standard InChI is InChI=1S/C12H14N2O/c1-8-5-6-14-11-4-3-9(15-2)7-10(11)13-12(8)14/h3-4,7-8H,5-6H2,1-2H3/t8-/m1/s1. The van der Waals surface area contributed by atoms with Crippen LogP contribution in [0.3, 0.4) is 0 Å². The minimum Gasteiger partial charge on any atom is -0.497 e. The maximum absolute atomic E-state index is 5.20. The van der Waals surface area contributed by atoms with Gasteiger partial charge in [0.15, 0.2) is 0 Å². The summed E-state index contributed by atoms with van der Waals surface area (Å²) in [5, 5.41) is 0. The maximum Gasteiger partial charge on any atom is 0.121 e. The van der Waals surface area contributed by atoms with Gasteiger partial charge in [-0.15, -0.1) is 0 Å². The van der Waals surface area contributed by atoms with E-state index < -0.39 is 0 Å². The second kappa shape index (κ2) is 2.99. The molecular weight excluding hydrogens is 188 g/mol. The van der Waals surface area contributed by atoms with Gasteiger partial charge in [0.2, 0.25) is 0 Å². The van der Waals surface area contributed by atoms with E-state index in [-0.39, 0.29) is 0 Å². The molecule has 0 fully saturated rings. The summed E-state index contributed by atoms with van der Waals surface area (Å²) in [5.41, 5.74) is 2.28. The summed E-state index contributed by atoms with van der Waals surface area (Å²) in [6, 6.07) is 6.11. The average molecular weight is 202 g/mol. The molecule has 0 spiro atoms. The van der Waals surface area contributed by atoms with Crippen molar-refractivity contribution in [3.8, 4) is 5.75 Å². The topological polar surface area (TPSA) is 27.1 Å². The number of methoxy groups -OCH3 is 1. The van der Waals surface area contributed by atoms with Crippen LogP contribution in [0.15, 0.2) is 18.2 Å². The molecule has 78 valence electrons. The normalized spacial score (nSPS) is 19.5. The van der Waals surface area contributed by atoms with E-state index in [0.29, 0.717) is 5.92 Å². The van der Waals surface area contributed by atoms with E-state index in [1.54, 1.807) is 7.11 Å². The Bertz CT molecular complexity index is 516. The van der Waals surface area contributed by atoms with E-state index in [1.807, 2.05) is 12.1 Å². The predicted octanol–water partition coefficient (Wildman–Crippen LogP) is 2.55. The third kappa shape index (κ3) is 1.16. The van der Waals surface area contributed by atoms with Gasteiger partial charge in [-0.05, 0) is 18.6 Å². The van der Waals surface area contributed by atoms with Crippen LogP contribution in [0.1, 0.15) is 25.1 Å².